The molecule has 1 aliphatic heterocycles. The van der Waals surface area contributed by atoms with Gasteiger partial charge in [0.25, 0.3) is 5.91 Å². The van der Waals surface area contributed by atoms with Gasteiger partial charge in [-0.25, -0.2) is 4.39 Å². The molecule has 1 saturated carbocycles. The van der Waals surface area contributed by atoms with Crippen molar-refractivity contribution in [3.63, 3.8) is 0 Å². The van der Waals surface area contributed by atoms with Crippen LogP contribution in [-0.4, -0.2) is 58.5 Å². The summed E-state index contributed by atoms with van der Waals surface area (Å²) >= 11 is 1.69. The largest absolute Gasteiger partial charge is 0.361 e. The van der Waals surface area contributed by atoms with Crippen LogP contribution in [0.15, 0.2) is 52.4 Å². The van der Waals surface area contributed by atoms with E-state index in [0.29, 0.717) is 63.2 Å². The van der Waals surface area contributed by atoms with Crippen LogP contribution in [0.5, 0.6) is 0 Å². The minimum absolute atomic E-state index is 0.0531. The van der Waals surface area contributed by atoms with E-state index in [1.807, 2.05) is 18.2 Å². The van der Waals surface area contributed by atoms with E-state index in [4.69, 9.17) is 10.3 Å². The van der Waals surface area contributed by atoms with Crippen molar-refractivity contribution in [3.05, 3.63) is 75.6 Å². The van der Waals surface area contributed by atoms with E-state index in [1.165, 1.54) is 17.0 Å². The number of rotatable bonds is 10. The highest BCUT2D eigenvalue weighted by Crippen LogP contribution is 2.30. The van der Waals surface area contributed by atoms with Crippen molar-refractivity contribution in [3.8, 4) is 0 Å². The second-order valence-corrected chi connectivity index (χ2v) is 12.5. The summed E-state index contributed by atoms with van der Waals surface area (Å²) in [6.07, 6.45) is 5.59. The van der Waals surface area contributed by atoms with Crippen LogP contribution in [0.4, 0.5) is 4.39 Å². The maximum absolute atomic E-state index is 13.8. The highest BCUT2D eigenvalue weighted by atomic mass is 32.1. The van der Waals surface area contributed by atoms with Crippen LogP contribution in [0, 0.1) is 24.6 Å². The smallest absolute Gasteiger partial charge is 0.276 e. The number of carbonyl (C=O) groups is 2. The number of halogens is 1. The molecule has 3 aromatic rings. The lowest BCUT2D eigenvalue weighted by molar-refractivity contribution is -0.128. The summed E-state index contributed by atoms with van der Waals surface area (Å²) in [5.41, 5.74) is 7.16. The number of nitrogens with zero attached hydrogens (tertiary/aromatic N) is 3. The zero-order valence-corrected chi connectivity index (χ0v) is 24.5. The van der Waals surface area contributed by atoms with Gasteiger partial charge in [-0.15, -0.1) is 11.3 Å². The average Bonchev–Trinajstić information content (AvgIpc) is 3.68. The summed E-state index contributed by atoms with van der Waals surface area (Å²) in [4.78, 5) is 32.6. The van der Waals surface area contributed by atoms with E-state index in [9.17, 15) is 14.0 Å². The van der Waals surface area contributed by atoms with Crippen molar-refractivity contribution >= 4 is 23.2 Å². The van der Waals surface area contributed by atoms with Gasteiger partial charge in [-0.2, -0.15) is 0 Å². The molecule has 0 spiro atoms. The van der Waals surface area contributed by atoms with Gasteiger partial charge in [0.2, 0.25) is 5.91 Å². The summed E-state index contributed by atoms with van der Waals surface area (Å²) in [6, 6.07) is 11.8. The molecule has 41 heavy (non-hydrogen) atoms. The van der Waals surface area contributed by atoms with E-state index in [-0.39, 0.29) is 29.4 Å². The molecule has 0 radical (unpaired) electrons. The summed E-state index contributed by atoms with van der Waals surface area (Å²) in [5, 5.41) is 9.19. The van der Waals surface area contributed by atoms with Crippen LogP contribution >= 0.6 is 11.3 Å². The van der Waals surface area contributed by atoms with Crippen molar-refractivity contribution in [2.75, 3.05) is 19.6 Å². The molecule has 2 aromatic heterocycles. The number of aromatic nitrogens is 1. The SMILES string of the molecule is Cc1cc(C(=O)N2CCC(N(Cc3ccc(F)cc3)Cc3cccs3)C[C@@H]2C(=O)NCC2CCCC(CN)C2)no1. The van der Waals surface area contributed by atoms with Crippen LogP contribution in [0.2, 0.25) is 0 Å². The van der Waals surface area contributed by atoms with E-state index in [1.54, 1.807) is 29.2 Å². The van der Waals surface area contributed by atoms with E-state index in [0.717, 1.165) is 31.2 Å². The van der Waals surface area contributed by atoms with Crippen molar-refractivity contribution in [1.29, 1.82) is 0 Å². The number of piperidine rings is 1. The quantitative estimate of drug-likeness (QED) is 0.359. The topological polar surface area (TPSA) is 105 Å². The number of nitrogens with one attached hydrogen (secondary N) is 1. The summed E-state index contributed by atoms with van der Waals surface area (Å²) < 4.78 is 18.8. The van der Waals surface area contributed by atoms with Gasteiger partial charge < -0.3 is 20.5 Å². The second kappa shape index (κ2) is 13.7. The molecule has 3 heterocycles. The molecule has 1 aromatic carbocycles. The molecule has 5 rings (SSSR count). The van der Waals surface area contributed by atoms with Gasteiger partial charge in [0.15, 0.2) is 5.69 Å². The summed E-state index contributed by atoms with van der Waals surface area (Å²) in [7, 11) is 0. The Kier molecular flexibility index (Phi) is 9.84. The number of likely N-dealkylation sites (tertiary alicyclic amines) is 1. The Hall–Kier alpha value is -3.08. The molecule has 1 saturated heterocycles. The Labute approximate surface area is 245 Å². The minimum atomic E-state index is -0.633. The van der Waals surface area contributed by atoms with E-state index < -0.39 is 6.04 Å². The van der Waals surface area contributed by atoms with E-state index >= 15 is 0 Å². The van der Waals surface area contributed by atoms with Gasteiger partial charge >= 0.3 is 0 Å². The molecule has 220 valence electrons. The lowest BCUT2D eigenvalue weighted by atomic mass is 9.81. The summed E-state index contributed by atoms with van der Waals surface area (Å²) in [6.45, 7) is 4.79. The fourth-order valence-corrected chi connectivity index (χ4v) is 7.02. The molecule has 0 bridgehead atoms. The molecule has 2 amide bonds. The molecule has 4 atom stereocenters. The van der Waals surface area contributed by atoms with Crippen LogP contribution in [-0.2, 0) is 17.9 Å². The second-order valence-electron chi connectivity index (χ2n) is 11.5. The Balaban J connectivity index is 1.34. The fourth-order valence-electron chi connectivity index (χ4n) is 6.29. The normalized spacial score (nSPS) is 23.1. The van der Waals surface area contributed by atoms with Crippen LogP contribution in [0.3, 0.4) is 0 Å². The number of hydrogen-bond acceptors (Lipinski definition) is 7. The third kappa shape index (κ3) is 7.61. The fraction of sp³-hybridized carbons (Fsp3) is 0.516. The number of hydrogen-bond donors (Lipinski definition) is 2. The van der Waals surface area contributed by atoms with Crippen LogP contribution in [0.1, 0.15) is 65.2 Å². The van der Waals surface area contributed by atoms with Crippen molar-refractivity contribution in [2.45, 2.75) is 70.6 Å². The molecule has 3 unspecified atom stereocenters. The zero-order valence-electron chi connectivity index (χ0n) is 23.6. The molecule has 10 heteroatoms. The van der Waals surface area contributed by atoms with Crippen molar-refractivity contribution in [2.24, 2.45) is 17.6 Å². The molecular formula is C31H40FN5O3S. The van der Waals surface area contributed by atoms with Gasteiger partial charge in [0, 0.05) is 43.2 Å². The number of thiophene rings is 1. The van der Waals surface area contributed by atoms with Gasteiger partial charge in [-0.3, -0.25) is 14.5 Å². The first-order valence-corrected chi connectivity index (χ1v) is 15.5. The van der Waals surface area contributed by atoms with Crippen molar-refractivity contribution in [1.82, 2.24) is 20.3 Å². The Morgan fingerprint density at radius 2 is 1.95 bits per heavy atom. The Bertz CT molecular complexity index is 1280. The number of carbonyl (C=O) groups excluding carboxylic acids is 2. The maximum atomic E-state index is 13.8. The maximum Gasteiger partial charge on any atom is 0.276 e. The molecule has 2 fully saturated rings. The standard InChI is InChI=1S/C31H40FN5O3S/c1-21-14-28(35-40-21)31(39)37-12-11-26(16-29(37)30(38)34-18-24-5-2-4-23(15-24)17-33)36(20-27-6-3-13-41-27)19-22-7-9-25(32)10-8-22/h3,6-10,13-14,23-24,26,29H,2,4-5,11-12,15-20,33H2,1H3,(H,34,38)/t23?,24?,26?,29-/m1/s1. The number of benzene rings is 1. The molecule has 8 nitrogen and oxygen atoms in total. The number of nitrogens with two attached hydrogens (primary N) is 1. The highest BCUT2D eigenvalue weighted by molar-refractivity contribution is 7.09. The molecular weight excluding hydrogens is 541 g/mol. The first kappa shape index (κ1) is 29.4. The molecule has 2 aliphatic rings. The third-order valence-corrected chi connectivity index (χ3v) is 9.39. The average molecular weight is 582 g/mol. The zero-order chi connectivity index (χ0) is 28.8. The molecule has 3 N–H and O–H groups in total. The minimum Gasteiger partial charge on any atom is -0.361 e. The number of aryl methyl sites for hydroxylation is 1. The van der Waals surface area contributed by atoms with Gasteiger partial charge in [0.05, 0.1) is 0 Å². The monoisotopic (exact) mass is 581 g/mol. The third-order valence-electron chi connectivity index (χ3n) is 8.53. The van der Waals surface area contributed by atoms with Crippen LogP contribution < -0.4 is 11.1 Å². The Morgan fingerprint density at radius 3 is 2.66 bits per heavy atom. The number of amides is 2. The van der Waals surface area contributed by atoms with Gasteiger partial charge in [-0.1, -0.05) is 29.8 Å². The van der Waals surface area contributed by atoms with Gasteiger partial charge in [-0.05, 0) is 86.6 Å². The lowest BCUT2D eigenvalue weighted by Crippen LogP contribution is -2.57. The van der Waals surface area contributed by atoms with Gasteiger partial charge in [0.1, 0.15) is 17.6 Å². The van der Waals surface area contributed by atoms with E-state index in [2.05, 4.69) is 26.8 Å². The first-order chi connectivity index (χ1) is 19.9. The molecule has 1 aliphatic carbocycles. The predicted octanol–water partition coefficient (Wildman–Crippen LogP) is 4.74. The Morgan fingerprint density at radius 1 is 1.15 bits per heavy atom. The van der Waals surface area contributed by atoms with Crippen LogP contribution in [0.25, 0.3) is 0 Å². The van der Waals surface area contributed by atoms with Crippen molar-refractivity contribution < 1.29 is 18.5 Å². The predicted molar refractivity (Wildman–Crippen MR) is 157 cm³/mol. The first-order valence-electron chi connectivity index (χ1n) is 14.6. The lowest BCUT2D eigenvalue weighted by Gasteiger charge is -2.42. The highest BCUT2D eigenvalue weighted by Gasteiger charge is 2.39. The summed E-state index contributed by atoms with van der Waals surface area (Å²) in [5.74, 6) is 0.784.